The lowest BCUT2D eigenvalue weighted by Crippen LogP contribution is -2.38. The Bertz CT molecular complexity index is 342. The van der Waals surface area contributed by atoms with Crippen LogP contribution in [0.25, 0.3) is 0 Å². The van der Waals surface area contributed by atoms with Crippen LogP contribution in [0.4, 0.5) is 4.39 Å². The van der Waals surface area contributed by atoms with Crippen LogP contribution < -0.4 is 0 Å². The zero-order chi connectivity index (χ0) is 11.4. The molecule has 0 spiro atoms. The molecule has 88 valence electrons. The Morgan fingerprint density at radius 1 is 1.44 bits per heavy atom. The number of rotatable bonds is 3. The molecule has 1 atom stereocenters. The smallest absolute Gasteiger partial charge is 0.127 e. The summed E-state index contributed by atoms with van der Waals surface area (Å²) in [6.07, 6.45) is 2.55. The topological polar surface area (TPSA) is 12.5 Å². The van der Waals surface area contributed by atoms with Gasteiger partial charge in [0.1, 0.15) is 5.82 Å². The highest BCUT2D eigenvalue weighted by molar-refractivity contribution is 5.17. The summed E-state index contributed by atoms with van der Waals surface area (Å²) in [6, 6.07) is 6.99. The van der Waals surface area contributed by atoms with Crippen molar-refractivity contribution < 1.29 is 9.13 Å². The molecule has 3 heteroatoms. The van der Waals surface area contributed by atoms with Gasteiger partial charge in [0.2, 0.25) is 0 Å². The Labute approximate surface area is 96.0 Å². The second-order valence-electron chi connectivity index (χ2n) is 4.33. The molecule has 1 aromatic rings. The average molecular weight is 223 g/mol. The maximum absolute atomic E-state index is 13.5. The third-order valence-electron chi connectivity index (χ3n) is 3.15. The van der Waals surface area contributed by atoms with Gasteiger partial charge in [0.25, 0.3) is 0 Å². The van der Waals surface area contributed by atoms with Crippen molar-refractivity contribution in [2.75, 3.05) is 20.2 Å². The molecule has 0 saturated carbocycles. The quantitative estimate of drug-likeness (QED) is 0.780. The Morgan fingerprint density at radius 3 is 3.00 bits per heavy atom. The van der Waals surface area contributed by atoms with E-state index in [0.29, 0.717) is 12.6 Å². The van der Waals surface area contributed by atoms with E-state index in [-0.39, 0.29) is 5.82 Å². The van der Waals surface area contributed by atoms with Crippen molar-refractivity contribution in [3.8, 4) is 0 Å². The van der Waals surface area contributed by atoms with E-state index in [0.717, 1.165) is 31.5 Å². The minimum absolute atomic E-state index is 0.109. The van der Waals surface area contributed by atoms with Crippen molar-refractivity contribution in [1.29, 1.82) is 0 Å². The number of piperidine rings is 1. The summed E-state index contributed by atoms with van der Waals surface area (Å²) in [5.74, 6) is -0.109. The van der Waals surface area contributed by atoms with Gasteiger partial charge in [0.05, 0.1) is 6.10 Å². The van der Waals surface area contributed by atoms with Crippen LogP contribution in [0.5, 0.6) is 0 Å². The molecule has 1 aliphatic rings. The molecule has 0 bridgehead atoms. The van der Waals surface area contributed by atoms with Gasteiger partial charge in [-0.3, -0.25) is 4.90 Å². The molecule has 1 fully saturated rings. The highest BCUT2D eigenvalue weighted by atomic mass is 19.1. The predicted octanol–water partition coefficient (Wildman–Crippen LogP) is 2.44. The van der Waals surface area contributed by atoms with Gasteiger partial charge >= 0.3 is 0 Å². The minimum atomic E-state index is -0.109. The Morgan fingerprint density at radius 2 is 2.25 bits per heavy atom. The number of ether oxygens (including phenoxy) is 1. The van der Waals surface area contributed by atoms with Crippen LogP contribution in [-0.2, 0) is 11.3 Å². The van der Waals surface area contributed by atoms with E-state index >= 15 is 0 Å². The largest absolute Gasteiger partial charge is 0.380 e. The summed E-state index contributed by atoms with van der Waals surface area (Å²) in [5, 5.41) is 0. The summed E-state index contributed by atoms with van der Waals surface area (Å²) < 4.78 is 18.8. The lowest BCUT2D eigenvalue weighted by molar-refractivity contribution is 0.0282. The van der Waals surface area contributed by atoms with Crippen molar-refractivity contribution in [1.82, 2.24) is 4.90 Å². The number of halogens is 1. The van der Waals surface area contributed by atoms with E-state index in [1.807, 2.05) is 12.1 Å². The molecule has 16 heavy (non-hydrogen) atoms. The normalized spacial score (nSPS) is 22.2. The molecule has 0 radical (unpaired) electrons. The Hall–Kier alpha value is -0.930. The lowest BCUT2D eigenvalue weighted by Gasteiger charge is -2.31. The maximum atomic E-state index is 13.5. The molecular weight excluding hydrogens is 205 g/mol. The standard InChI is InChI=1S/C13H18FNO/c1-16-12-6-4-8-15(10-12)9-11-5-2-3-7-13(11)14/h2-3,5,7,12H,4,6,8-10H2,1H3. The molecule has 1 heterocycles. The highest BCUT2D eigenvalue weighted by Crippen LogP contribution is 2.16. The van der Waals surface area contributed by atoms with Gasteiger partial charge in [-0.05, 0) is 25.5 Å². The summed E-state index contributed by atoms with van der Waals surface area (Å²) in [7, 11) is 1.75. The highest BCUT2D eigenvalue weighted by Gasteiger charge is 2.19. The molecule has 2 rings (SSSR count). The second-order valence-corrected chi connectivity index (χ2v) is 4.33. The molecule has 0 amide bonds. The first-order chi connectivity index (χ1) is 7.79. The number of nitrogens with zero attached hydrogens (tertiary/aromatic N) is 1. The van der Waals surface area contributed by atoms with Crippen molar-refractivity contribution in [3.63, 3.8) is 0 Å². The number of benzene rings is 1. The van der Waals surface area contributed by atoms with Gasteiger partial charge < -0.3 is 4.74 Å². The predicted molar refractivity (Wildman–Crippen MR) is 61.7 cm³/mol. The van der Waals surface area contributed by atoms with E-state index in [2.05, 4.69) is 4.90 Å². The molecule has 1 saturated heterocycles. The van der Waals surface area contributed by atoms with Gasteiger partial charge in [-0.25, -0.2) is 4.39 Å². The molecule has 1 unspecified atom stereocenters. The fourth-order valence-electron chi connectivity index (χ4n) is 2.22. The summed E-state index contributed by atoms with van der Waals surface area (Å²) in [5.41, 5.74) is 0.777. The lowest BCUT2D eigenvalue weighted by atomic mass is 10.1. The zero-order valence-corrected chi connectivity index (χ0v) is 9.66. The summed E-state index contributed by atoms with van der Waals surface area (Å²) in [6.45, 7) is 2.63. The molecule has 1 aliphatic heterocycles. The third kappa shape index (κ3) is 2.80. The fraction of sp³-hybridized carbons (Fsp3) is 0.538. The van der Waals surface area contributed by atoms with Crippen LogP contribution in [0.15, 0.2) is 24.3 Å². The van der Waals surface area contributed by atoms with E-state index in [1.54, 1.807) is 13.2 Å². The van der Waals surface area contributed by atoms with Gasteiger partial charge in [-0.1, -0.05) is 18.2 Å². The fourth-order valence-corrected chi connectivity index (χ4v) is 2.22. The van der Waals surface area contributed by atoms with Crippen LogP contribution in [-0.4, -0.2) is 31.2 Å². The second kappa shape index (κ2) is 5.41. The number of likely N-dealkylation sites (tertiary alicyclic amines) is 1. The van der Waals surface area contributed by atoms with Crippen LogP contribution in [0, 0.1) is 5.82 Å². The number of hydrogen-bond donors (Lipinski definition) is 0. The summed E-state index contributed by atoms with van der Waals surface area (Å²) >= 11 is 0. The van der Waals surface area contributed by atoms with Crippen molar-refractivity contribution in [2.45, 2.75) is 25.5 Å². The Balaban J connectivity index is 1.97. The van der Waals surface area contributed by atoms with Gasteiger partial charge in [-0.2, -0.15) is 0 Å². The zero-order valence-electron chi connectivity index (χ0n) is 9.66. The average Bonchev–Trinajstić information content (AvgIpc) is 2.32. The van der Waals surface area contributed by atoms with E-state index in [9.17, 15) is 4.39 Å². The first-order valence-corrected chi connectivity index (χ1v) is 5.78. The van der Waals surface area contributed by atoms with Gasteiger partial charge in [0, 0.05) is 25.8 Å². The maximum Gasteiger partial charge on any atom is 0.127 e. The Kier molecular flexibility index (Phi) is 3.91. The molecule has 0 N–H and O–H groups in total. The molecule has 1 aromatic carbocycles. The monoisotopic (exact) mass is 223 g/mol. The van der Waals surface area contributed by atoms with Crippen LogP contribution in [0.2, 0.25) is 0 Å². The van der Waals surface area contributed by atoms with Crippen LogP contribution in [0.1, 0.15) is 18.4 Å². The molecule has 0 aromatic heterocycles. The summed E-state index contributed by atoms with van der Waals surface area (Å²) in [4.78, 5) is 2.26. The van der Waals surface area contributed by atoms with E-state index in [1.165, 1.54) is 6.07 Å². The van der Waals surface area contributed by atoms with Crippen molar-refractivity contribution in [3.05, 3.63) is 35.6 Å². The number of hydrogen-bond acceptors (Lipinski definition) is 2. The molecule has 2 nitrogen and oxygen atoms in total. The van der Waals surface area contributed by atoms with Crippen LogP contribution in [0.3, 0.4) is 0 Å². The third-order valence-corrected chi connectivity index (χ3v) is 3.15. The van der Waals surface area contributed by atoms with Crippen LogP contribution >= 0.6 is 0 Å². The molecular formula is C13H18FNO. The minimum Gasteiger partial charge on any atom is -0.380 e. The first kappa shape index (κ1) is 11.6. The first-order valence-electron chi connectivity index (χ1n) is 5.78. The van der Waals surface area contributed by atoms with Gasteiger partial charge in [-0.15, -0.1) is 0 Å². The van der Waals surface area contributed by atoms with Crippen molar-refractivity contribution in [2.24, 2.45) is 0 Å². The van der Waals surface area contributed by atoms with Gasteiger partial charge in [0.15, 0.2) is 0 Å². The molecule has 0 aliphatic carbocycles. The SMILES string of the molecule is COC1CCCN(Cc2ccccc2F)C1. The van der Waals surface area contributed by atoms with E-state index in [4.69, 9.17) is 4.74 Å². The number of methoxy groups -OCH3 is 1. The van der Waals surface area contributed by atoms with E-state index < -0.39 is 0 Å². The van der Waals surface area contributed by atoms with Crippen molar-refractivity contribution >= 4 is 0 Å².